The van der Waals surface area contributed by atoms with Crippen molar-refractivity contribution in [3.8, 4) is 0 Å². The largest absolute Gasteiger partial charge is 1.00 e. The Morgan fingerprint density at radius 2 is 1.00 bits per heavy atom. The first kappa shape index (κ1) is 48.1. The second-order valence-corrected chi connectivity index (χ2v) is 13.7. The molecular formula is C34H67NaO10P-. The molecule has 2 unspecified atom stereocenters. The molecular weight excluding hydrogens is 622 g/mol. The molecule has 12 heteroatoms. The molecule has 46 heavy (non-hydrogen) atoms. The van der Waals surface area contributed by atoms with Crippen molar-refractivity contribution in [2.24, 2.45) is 0 Å². The van der Waals surface area contributed by atoms with Gasteiger partial charge >= 0.3 is 41.5 Å². The van der Waals surface area contributed by atoms with Crippen molar-refractivity contribution in [1.82, 2.24) is 0 Å². The molecule has 0 saturated heterocycles. The smallest absolute Gasteiger partial charge is 1.00 e. The maximum atomic E-state index is 12.5. The maximum Gasteiger partial charge on any atom is 1.00 e. The summed E-state index contributed by atoms with van der Waals surface area (Å²) in [5.41, 5.74) is 0. The van der Waals surface area contributed by atoms with E-state index in [9.17, 15) is 24.2 Å². The topological polar surface area (TPSA) is 152 Å². The third-order valence-electron chi connectivity index (χ3n) is 7.75. The van der Waals surface area contributed by atoms with Crippen LogP contribution < -0.4 is 34.5 Å². The SMILES string of the molecule is CCCCCCCCCCCCCC(=O)OC[C@H](COP(=O)([O-])OCC(O)CO)OC(=O)CCCCCCCCCCCCC.[H-].[Na+]. The Kier molecular flexibility index (Phi) is 36.4. The number of phosphoric ester groups is 1. The zero-order valence-electron chi connectivity index (χ0n) is 30.6. The van der Waals surface area contributed by atoms with Gasteiger partial charge in [0.1, 0.15) is 12.7 Å². The van der Waals surface area contributed by atoms with E-state index in [1.165, 1.54) is 89.9 Å². The fourth-order valence-electron chi connectivity index (χ4n) is 4.93. The average molecular weight is 690 g/mol. The second-order valence-electron chi connectivity index (χ2n) is 12.2. The molecule has 0 aromatic rings. The number of aliphatic hydroxyl groups is 2. The third-order valence-corrected chi connectivity index (χ3v) is 8.68. The van der Waals surface area contributed by atoms with Gasteiger partial charge in [-0.1, -0.05) is 142 Å². The van der Waals surface area contributed by atoms with Crippen LogP contribution in [-0.2, 0) is 32.7 Å². The molecule has 270 valence electrons. The van der Waals surface area contributed by atoms with Crippen molar-refractivity contribution < 1.29 is 78.8 Å². The summed E-state index contributed by atoms with van der Waals surface area (Å²) in [5.74, 6) is -0.955. The Balaban J connectivity index is -0.00000968. The molecule has 0 fully saturated rings. The van der Waals surface area contributed by atoms with Crippen LogP contribution in [0.5, 0.6) is 0 Å². The Morgan fingerprint density at radius 3 is 1.41 bits per heavy atom. The number of hydrogen-bond acceptors (Lipinski definition) is 10. The van der Waals surface area contributed by atoms with Gasteiger partial charge in [-0.15, -0.1) is 0 Å². The molecule has 0 radical (unpaired) electrons. The molecule has 0 aliphatic heterocycles. The zero-order chi connectivity index (χ0) is 33.4. The van der Waals surface area contributed by atoms with E-state index in [2.05, 4.69) is 18.4 Å². The van der Waals surface area contributed by atoms with Gasteiger partial charge in [-0.2, -0.15) is 0 Å². The van der Waals surface area contributed by atoms with Gasteiger partial charge in [-0.05, 0) is 12.8 Å². The molecule has 0 amide bonds. The molecule has 0 aromatic heterocycles. The predicted octanol–water partition coefficient (Wildman–Crippen LogP) is 4.81. The number of aliphatic hydroxyl groups excluding tert-OH is 2. The summed E-state index contributed by atoms with van der Waals surface area (Å²) in [6.07, 6.45) is 23.4. The minimum Gasteiger partial charge on any atom is -1.00 e. The van der Waals surface area contributed by atoms with E-state index in [-0.39, 0.29) is 50.4 Å². The molecule has 3 atom stereocenters. The molecule has 10 nitrogen and oxygen atoms in total. The summed E-state index contributed by atoms with van der Waals surface area (Å²) >= 11 is 0. The Hall–Kier alpha value is -0.0300. The summed E-state index contributed by atoms with van der Waals surface area (Å²) in [6.45, 7) is 2.17. The molecule has 0 rings (SSSR count). The van der Waals surface area contributed by atoms with Crippen molar-refractivity contribution in [1.29, 1.82) is 0 Å². The normalized spacial score (nSPS) is 13.8. The Morgan fingerprint density at radius 1 is 0.630 bits per heavy atom. The summed E-state index contributed by atoms with van der Waals surface area (Å²) < 4.78 is 32.1. The van der Waals surface area contributed by atoms with Crippen LogP contribution in [0.3, 0.4) is 0 Å². The number of hydrogen-bond donors (Lipinski definition) is 2. The summed E-state index contributed by atoms with van der Waals surface area (Å²) in [7, 11) is -4.85. The van der Waals surface area contributed by atoms with Crippen LogP contribution in [0.1, 0.15) is 169 Å². The summed E-state index contributed by atoms with van der Waals surface area (Å²) in [4.78, 5) is 36.8. The van der Waals surface area contributed by atoms with Crippen LogP contribution in [0, 0.1) is 0 Å². The minimum atomic E-state index is -4.85. The molecule has 0 bridgehead atoms. The van der Waals surface area contributed by atoms with Crippen molar-refractivity contribution in [3.63, 3.8) is 0 Å². The molecule has 0 aliphatic carbocycles. The molecule has 0 spiro atoms. The van der Waals surface area contributed by atoms with Gasteiger partial charge in [-0.3, -0.25) is 14.2 Å². The standard InChI is InChI=1S/C34H67O10P.Na.H/c1-3-5-7-9-11-13-15-17-19-21-23-25-33(37)41-29-32(30-43-45(39,40)42-28-31(36)27-35)44-34(38)26-24-22-20-18-16-14-12-10-8-6-4-2;;/h31-32,35-36H,3-30H2,1-2H3,(H,39,40);;/q;+1;-1/p-1/t31?,32-;;/m1../s1. The van der Waals surface area contributed by atoms with E-state index >= 15 is 0 Å². The minimum absolute atomic E-state index is 0. The van der Waals surface area contributed by atoms with Gasteiger partial charge in [0.15, 0.2) is 6.10 Å². The first-order chi connectivity index (χ1) is 21.7. The average Bonchev–Trinajstić information content (AvgIpc) is 3.02. The Bertz CT molecular complexity index is 750. The maximum absolute atomic E-state index is 12.5. The van der Waals surface area contributed by atoms with Crippen LogP contribution in [0.4, 0.5) is 0 Å². The molecule has 0 aliphatic rings. The van der Waals surface area contributed by atoms with Gasteiger partial charge < -0.3 is 35.1 Å². The van der Waals surface area contributed by atoms with Crippen LogP contribution in [0.15, 0.2) is 0 Å². The van der Waals surface area contributed by atoms with Crippen molar-refractivity contribution in [2.45, 2.75) is 180 Å². The zero-order valence-corrected chi connectivity index (χ0v) is 32.5. The van der Waals surface area contributed by atoms with E-state index in [4.69, 9.17) is 19.1 Å². The van der Waals surface area contributed by atoms with E-state index in [0.717, 1.165) is 38.5 Å². The fourth-order valence-corrected chi connectivity index (χ4v) is 5.71. The first-order valence-electron chi connectivity index (χ1n) is 18.0. The van der Waals surface area contributed by atoms with E-state index < -0.39 is 51.8 Å². The first-order valence-corrected chi connectivity index (χ1v) is 19.4. The number of phosphoric acid groups is 1. The molecule has 0 aromatic carbocycles. The van der Waals surface area contributed by atoms with Gasteiger partial charge in [0.25, 0.3) is 7.82 Å². The van der Waals surface area contributed by atoms with Crippen molar-refractivity contribution >= 4 is 19.8 Å². The second kappa shape index (κ2) is 34.8. The number of rotatable bonds is 34. The Labute approximate surface area is 303 Å². The van der Waals surface area contributed by atoms with Gasteiger partial charge in [-0.25, -0.2) is 0 Å². The van der Waals surface area contributed by atoms with E-state index in [0.29, 0.717) is 12.8 Å². The van der Waals surface area contributed by atoms with Crippen LogP contribution in [0.25, 0.3) is 0 Å². The van der Waals surface area contributed by atoms with Crippen molar-refractivity contribution in [2.75, 3.05) is 26.4 Å². The number of ether oxygens (including phenoxy) is 2. The summed E-state index contributed by atoms with van der Waals surface area (Å²) in [5, 5.41) is 18.2. The van der Waals surface area contributed by atoms with E-state index in [1.807, 2.05) is 0 Å². The number of unbranched alkanes of at least 4 members (excludes halogenated alkanes) is 20. The fraction of sp³-hybridized carbons (Fsp3) is 0.941. The third kappa shape index (κ3) is 33.9. The van der Waals surface area contributed by atoms with Crippen LogP contribution >= 0.6 is 7.82 Å². The van der Waals surface area contributed by atoms with Gasteiger partial charge in [0, 0.05) is 12.8 Å². The molecule has 2 N–H and O–H groups in total. The van der Waals surface area contributed by atoms with E-state index in [1.54, 1.807) is 0 Å². The van der Waals surface area contributed by atoms with Gasteiger partial charge in [0.05, 0.1) is 19.8 Å². The van der Waals surface area contributed by atoms with Crippen molar-refractivity contribution in [3.05, 3.63) is 0 Å². The van der Waals surface area contributed by atoms with Gasteiger partial charge in [0.2, 0.25) is 0 Å². The van der Waals surface area contributed by atoms with Crippen LogP contribution in [0.2, 0.25) is 0 Å². The monoisotopic (exact) mass is 689 g/mol. The predicted molar refractivity (Wildman–Crippen MR) is 177 cm³/mol. The van der Waals surface area contributed by atoms with Crippen LogP contribution in [-0.4, -0.2) is 60.8 Å². The number of esters is 2. The molecule has 0 heterocycles. The quantitative estimate of drug-likeness (QED) is 0.0417. The number of carbonyl (C=O) groups excluding carboxylic acids is 2. The molecule has 0 saturated carbocycles. The number of carbonyl (C=O) groups is 2. The summed E-state index contributed by atoms with van der Waals surface area (Å²) in [6, 6.07) is 0.